The third-order valence-corrected chi connectivity index (χ3v) is 13.0. The summed E-state index contributed by atoms with van der Waals surface area (Å²) in [6, 6.07) is 40.3. The fraction of sp³-hybridized carbons (Fsp3) is 0.293. The molecule has 240 valence electrons. The minimum atomic E-state index is -3.30. The van der Waals surface area contributed by atoms with E-state index in [0.717, 1.165) is 21.5 Å². The van der Waals surface area contributed by atoms with Gasteiger partial charge < -0.3 is 14.4 Å². The molecular formula is C41H49NO3Si. The summed E-state index contributed by atoms with van der Waals surface area (Å²) in [5, 5.41) is 1.41. The van der Waals surface area contributed by atoms with Gasteiger partial charge in [0.2, 0.25) is 0 Å². The summed E-state index contributed by atoms with van der Waals surface area (Å²) in [7, 11) is -3.30. The zero-order valence-electron chi connectivity index (χ0n) is 28.0. The van der Waals surface area contributed by atoms with Crippen LogP contribution in [0.15, 0.2) is 140 Å². The van der Waals surface area contributed by atoms with Crippen LogP contribution in [0, 0.1) is 5.92 Å². The molecule has 4 nitrogen and oxygen atoms in total. The first kappa shape index (κ1) is 34.7. The highest BCUT2D eigenvalue weighted by atomic mass is 28.4. The average Bonchev–Trinajstić information content (AvgIpc) is 3.05. The van der Waals surface area contributed by atoms with Crippen molar-refractivity contribution in [2.24, 2.45) is 5.92 Å². The van der Waals surface area contributed by atoms with Crippen molar-refractivity contribution < 1.29 is 14.3 Å². The number of benzene rings is 4. The minimum Gasteiger partial charge on any atom is -0.444 e. The standard InChI is InChI=1S/C41H49NO3Si/c1-7-36(30-34-22-14-9-15-23-34)42(39(43)45-40(2,3)4)32-35(29-28-33-20-12-8-13-21-33)31-41(5,6)46(44,37-24-16-10-17-25-37)38-26-18-11-19-27-38/h7-29,35-36,44H,1,30-32H2,2-6H3/b29-28+/t35-,36-/m1/s1. The van der Waals surface area contributed by atoms with Gasteiger partial charge >= 0.3 is 6.09 Å². The molecule has 0 saturated heterocycles. The van der Waals surface area contributed by atoms with Crippen LogP contribution >= 0.6 is 0 Å². The molecule has 0 aromatic heterocycles. The lowest BCUT2D eigenvalue weighted by Gasteiger charge is -2.43. The van der Waals surface area contributed by atoms with E-state index in [1.807, 2.05) is 105 Å². The van der Waals surface area contributed by atoms with Gasteiger partial charge in [0, 0.05) is 6.54 Å². The Morgan fingerprint density at radius 1 is 0.804 bits per heavy atom. The van der Waals surface area contributed by atoms with Crippen molar-refractivity contribution in [3.8, 4) is 0 Å². The molecule has 1 N–H and O–H groups in total. The summed E-state index contributed by atoms with van der Waals surface area (Å²) < 4.78 is 5.99. The number of amides is 1. The number of nitrogens with zero attached hydrogens (tertiary/aromatic N) is 1. The summed E-state index contributed by atoms with van der Waals surface area (Å²) in [5.41, 5.74) is 1.54. The van der Waals surface area contributed by atoms with Crippen LogP contribution < -0.4 is 10.4 Å². The van der Waals surface area contributed by atoms with Gasteiger partial charge in [-0.3, -0.25) is 0 Å². The van der Waals surface area contributed by atoms with Crippen LogP contribution in [0.4, 0.5) is 4.79 Å². The molecule has 4 rings (SSSR count). The lowest BCUT2D eigenvalue weighted by Crippen LogP contribution is -2.65. The number of carbonyl (C=O) groups excluding carboxylic acids is 1. The van der Waals surface area contributed by atoms with Crippen molar-refractivity contribution in [1.29, 1.82) is 0 Å². The SMILES string of the molecule is C=C[C@H](Cc1ccccc1)N(C[C@H](/C=C/c1ccccc1)CC(C)(C)[Si](O)(c1ccccc1)c1ccccc1)C(=O)OC(C)(C)C. The molecule has 0 saturated carbocycles. The van der Waals surface area contributed by atoms with E-state index in [0.29, 0.717) is 19.4 Å². The number of ether oxygens (including phenoxy) is 1. The smallest absolute Gasteiger partial charge is 0.410 e. The molecule has 0 fully saturated rings. The van der Waals surface area contributed by atoms with Crippen LogP contribution in [0.2, 0.25) is 5.04 Å². The second-order valence-electron chi connectivity index (χ2n) is 13.7. The fourth-order valence-electron chi connectivity index (χ4n) is 6.21. The van der Waals surface area contributed by atoms with Crippen molar-refractivity contribution in [2.45, 2.75) is 64.1 Å². The predicted molar refractivity (Wildman–Crippen MR) is 195 cm³/mol. The van der Waals surface area contributed by atoms with Gasteiger partial charge in [-0.2, -0.15) is 0 Å². The van der Waals surface area contributed by atoms with Crippen molar-refractivity contribution in [3.05, 3.63) is 151 Å². The van der Waals surface area contributed by atoms with E-state index in [1.165, 1.54) is 0 Å². The van der Waals surface area contributed by atoms with Crippen molar-refractivity contribution >= 4 is 30.9 Å². The van der Waals surface area contributed by atoms with E-state index in [2.05, 4.69) is 81.1 Å². The maximum absolute atomic E-state index is 14.0. The molecule has 5 heteroatoms. The molecule has 0 aliphatic heterocycles. The normalized spacial score (nSPS) is 13.6. The van der Waals surface area contributed by atoms with E-state index in [9.17, 15) is 9.59 Å². The van der Waals surface area contributed by atoms with Crippen molar-refractivity contribution in [3.63, 3.8) is 0 Å². The Balaban J connectivity index is 1.78. The maximum atomic E-state index is 14.0. The average molecular weight is 632 g/mol. The first-order valence-corrected chi connectivity index (χ1v) is 18.1. The Bertz CT molecular complexity index is 1510. The van der Waals surface area contributed by atoms with E-state index < -0.39 is 19.0 Å². The van der Waals surface area contributed by atoms with Crippen LogP contribution in [0.1, 0.15) is 52.2 Å². The number of hydrogen-bond acceptors (Lipinski definition) is 3. The molecule has 0 bridgehead atoms. The van der Waals surface area contributed by atoms with Crippen molar-refractivity contribution in [1.82, 2.24) is 4.90 Å². The molecule has 1 amide bonds. The highest BCUT2D eigenvalue weighted by molar-refractivity contribution is 6.98. The molecular weight excluding hydrogens is 583 g/mol. The third-order valence-electron chi connectivity index (χ3n) is 8.51. The molecule has 2 atom stereocenters. The van der Waals surface area contributed by atoms with E-state index in [4.69, 9.17) is 4.74 Å². The molecule has 0 spiro atoms. The summed E-state index contributed by atoms with van der Waals surface area (Å²) in [6.45, 7) is 14.6. The highest BCUT2D eigenvalue weighted by Crippen LogP contribution is 2.42. The molecule has 4 aromatic carbocycles. The van der Waals surface area contributed by atoms with E-state index in [-0.39, 0.29) is 18.1 Å². The Morgan fingerprint density at radius 2 is 1.28 bits per heavy atom. The van der Waals surface area contributed by atoms with Gasteiger partial charge in [-0.15, -0.1) is 6.58 Å². The Morgan fingerprint density at radius 3 is 1.76 bits per heavy atom. The second kappa shape index (κ2) is 15.4. The minimum absolute atomic E-state index is 0.104. The lowest BCUT2D eigenvalue weighted by molar-refractivity contribution is 0.0173. The monoisotopic (exact) mass is 631 g/mol. The first-order valence-electron chi connectivity index (χ1n) is 16.2. The van der Waals surface area contributed by atoms with Gasteiger partial charge in [-0.25, -0.2) is 4.79 Å². The molecule has 0 aliphatic carbocycles. The zero-order valence-corrected chi connectivity index (χ0v) is 29.0. The highest BCUT2D eigenvalue weighted by Gasteiger charge is 2.50. The number of carbonyl (C=O) groups is 1. The van der Waals surface area contributed by atoms with Gasteiger partial charge in [-0.1, -0.05) is 153 Å². The summed E-state index contributed by atoms with van der Waals surface area (Å²) in [4.78, 5) is 28.7. The topological polar surface area (TPSA) is 49.8 Å². The molecule has 0 unspecified atom stereocenters. The van der Waals surface area contributed by atoms with Gasteiger partial charge in [0.25, 0.3) is 8.32 Å². The Labute approximate surface area is 277 Å². The van der Waals surface area contributed by atoms with Gasteiger partial charge in [-0.05, 0) is 66.1 Å². The van der Waals surface area contributed by atoms with Gasteiger partial charge in [0.1, 0.15) is 5.60 Å². The van der Waals surface area contributed by atoms with Crippen LogP contribution in [0.5, 0.6) is 0 Å². The van der Waals surface area contributed by atoms with Crippen LogP contribution in [0.25, 0.3) is 6.08 Å². The summed E-state index contributed by atoms with van der Waals surface area (Å²) >= 11 is 0. The largest absolute Gasteiger partial charge is 0.444 e. The van der Waals surface area contributed by atoms with Crippen molar-refractivity contribution in [2.75, 3.05) is 6.54 Å². The quantitative estimate of drug-likeness (QED) is 0.119. The maximum Gasteiger partial charge on any atom is 0.410 e. The summed E-state index contributed by atoms with van der Waals surface area (Å²) in [6.07, 6.45) is 7.05. The first-order chi connectivity index (χ1) is 21.9. The molecule has 0 aliphatic rings. The molecule has 0 heterocycles. The van der Waals surface area contributed by atoms with Crippen LogP contribution in [-0.2, 0) is 11.2 Å². The Kier molecular flexibility index (Phi) is 11.6. The predicted octanol–water partition coefficient (Wildman–Crippen LogP) is 8.27. The molecule has 0 radical (unpaired) electrons. The van der Waals surface area contributed by atoms with E-state index in [1.54, 1.807) is 0 Å². The van der Waals surface area contributed by atoms with Gasteiger partial charge in [0.05, 0.1) is 6.04 Å². The second-order valence-corrected chi connectivity index (χ2v) is 17.6. The number of hydrogen-bond donors (Lipinski definition) is 1. The third kappa shape index (κ3) is 8.96. The molecule has 46 heavy (non-hydrogen) atoms. The van der Waals surface area contributed by atoms with E-state index >= 15 is 0 Å². The number of rotatable bonds is 13. The molecule has 4 aromatic rings. The zero-order chi connectivity index (χ0) is 33.2. The van der Waals surface area contributed by atoms with Gasteiger partial charge in [0.15, 0.2) is 0 Å². The Hall–Kier alpha value is -4.19. The van der Waals surface area contributed by atoms with Crippen LogP contribution in [-0.4, -0.2) is 42.3 Å². The lowest BCUT2D eigenvalue weighted by atomic mass is 9.93. The summed E-state index contributed by atoms with van der Waals surface area (Å²) in [5.74, 6) is -0.104. The fourth-order valence-corrected chi connectivity index (χ4v) is 10.0. The van der Waals surface area contributed by atoms with Crippen LogP contribution in [0.3, 0.4) is 0 Å².